The molecule has 3 heteroatoms. The lowest BCUT2D eigenvalue weighted by atomic mass is 9.70. The molecule has 0 bridgehead atoms. The molecule has 1 N–H and O–H groups in total. The van der Waals surface area contributed by atoms with Gasteiger partial charge in [-0.2, -0.15) is 0 Å². The largest absolute Gasteiger partial charge is 0.380 e. The maximum absolute atomic E-state index is 5.52. The van der Waals surface area contributed by atoms with E-state index in [1.54, 1.807) is 0 Å². The molecule has 1 fully saturated rings. The van der Waals surface area contributed by atoms with Gasteiger partial charge in [-0.25, -0.2) is 0 Å². The van der Waals surface area contributed by atoms with E-state index in [1.165, 1.54) is 19.3 Å². The third-order valence-corrected chi connectivity index (χ3v) is 4.46. The lowest BCUT2D eigenvalue weighted by Crippen LogP contribution is -2.58. The highest BCUT2D eigenvalue weighted by atomic mass is 16.5. The number of likely N-dealkylation sites (N-methyl/N-ethyl adjacent to an activating group) is 2. The van der Waals surface area contributed by atoms with Crippen molar-refractivity contribution in [2.75, 3.05) is 33.4 Å². The Morgan fingerprint density at radius 1 is 1.33 bits per heavy atom. The molecule has 18 heavy (non-hydrogen) atoms. The summed E-state index contributed by atoms with van der Waals surface area (Å²) in [4.78, 5) is 2.59. The SMILES string of the molecule is CCOCCN(CC)C1CCCC(C)(C)C1NC. The predicted molar refractivity (Wildman–Crippen MR) is 78.0 cm³/mol. The molecular weight excluding hydrogens is 224 g/mol. The molecular formula is C15H32N2O. The summed E-state index contributed by atoms with van der Waals surface area (Å²) in [6.07, 6.45) is 3.99. The van der Waals surface area contributed by atoms with E-state index in [2.05, 4.69) is 45.0 Å². The Balaban J connectivity index is 2.64. The highest BCUT2D eigenvalue weighted by Crippen LogP contribution is 2.37. The fraction of sp³-hybridized carbons (Fsp3) is 1.00. The van der Waals surface area contributed by atoms with Crippen LogP contribution in [0.4, 0.5) is 0 Å². The number of nitrogens with zero attached hydrogens (tertiary/aromatic N) is 1. The van der Waals surface area contributed by atoms with Gasteiger partial charge in [-0.3, -0.25) is 4.90 Å². The number of hydrogen-bond acceptors (Lipinski definition) is 3. The first-order chi connectivity index (χ1) is 8.56. The predicted octanol–water partition coefficient (Wildman–Crippen LogP) is 2.51. The van der Waals surface area contributed by atoms with Crippen LogP contribution < -0.4 is 5.32 Å². The van der Waals surface area contributed by atoms with Crippen molar-refractivity contribution in [3.8, 4) is 0 Å². The van der Waals surface area contributed by atoms with Crippen LogP contribution in [0.25, 0.3) is 0 Å². The number of rotatable bonds is 7. The van der Waals surface area contributed by atoms with Gasteiger partial charge in [0, 0.05) is 25.2 Å². The van der Waals surface area contributed by atoms with Crippen molar-refractivity contribution in [3.63, 3.8) is 0 Å². The van der Waals surface area contributed by atoms with E-state index >= 15 is 0 Å². The van der Waals surface area contributed by atoms with Gasteiger partial charge in [-0.1, -0.05) is 27.2 Å². The van der Waals surface area contributed by atoms with Gasteiger partial charge in [-0.15, -0.1) is 0 Å². The summed E-state index contributed by atoms with van der Waals surface area (Å²) < 4.78 is 5.52. The van der Waals surface area contributed by atoms with Gasteiger partial charge in [0.1, 0.15) is 0 Å². The molecule has 1 saturated carbocycles. The normalized spacial score (nSPS) is 27.7. The van der Waals surface area contributed by atoms with Crippen LogP contribution in [0.2, 0.25) is 0 Å². The van der Waals surface area contributed by atoms with E-state index in [0.717, 1.165) is 26.3 Å². The second-order valence-corrected chi connectivity index (χ2v) is 6.04. The van der Waals surface area contributed by atoms with E-state index in [0.29, 0.717) is 17.5 Å². The summed E-state index contributed by atoms with van der Waals surface area (Å²) in [7, 11) is 2.11. The molecule has 1 aliphatic rings. The zero-order valence-corrected chi connectivity index (χ0v) is 13.0. The molecule has 0 aromatic carbocycles. The Hall–Kier alpha value is -0.120. The smallest absolute Gasteiger partial charge is 0.0593 e. The highest BCUT2D eigenvalue weighted by molar-refractivity contribution is 4.97. The van der Waals surface area contributed by atoms with Crippen molar-refractivity contribution in [1.29, 1.82) is 0 Å². The molecule has 0 aromatic rings. The van der Waals surface area contributed by atoms with Crippen LogP contribution in [-0.4, -0.2) is 50.3 Å². The maximum atomic E-state index is 5.52. The monoisotopic (exact) mass is 256 g/mol. The summed E-state index contributed by atoms with van der Waals surface area (Å²) in [5.41, 5.74) is 0.400. The van der Waals surface area contributed by atoms with Gasteiger partial charge in [-0.05, 0) is 38.8 Å². The molecule has 0 radical (unpaired) electrons. The molecule has 2 atom stereocenters. The Morgan fingerprint density at radius 3 is 2.61 bits per heavy atom. The molecule has 0 heterocycles. The maximum Gasteiger partial charge on any atom is 0.0593 e. The van der Waals surface area contributed by atoms with E-state index < -0.39 is 0 Å². The molecule has 1 rings (SSSR count). The number of nitrogens with one attached hydrogen (secondary N) is 1. The van der Waals surface area contributed by atoms with Crippen molar-refractivity contribution >= 4 is 0 Å². The number of ether oxygens (including phenoxy) is 1. The average molecular weight is 256 g/mol. The van der Waals surface area contributed by atoms with Gasteiger partial charge in [0.2, 0.25) is 0 Å². The summed E-state index contributed by atoms with van der Waals surface area (Å²) in [5.74, 6) is 0. The van der Waals surface area contributed by atoms with Crippen molar-refractivity contribution < 1.29 is 4.74 Å². The molecule has 0 amide bonds. The van der Waals surface area contributed by atoms with Crippen LogP contribution in [0, 0.1) is 5.41 Å². The molecule has 108 valence electrons. The molecule has 1 aliphatic carbocycles. The summed E-state index contributed by atoms with van der Waals surface area (Å²) in [5, 5.41) is 3.57. The minimum absolute atomic E-state index is 0.400. The van der Waals surface area contributed by atoms with Gasteiger partial charge >= 0.3 is 0 Å². The minimum atomic E-state index is 0.400. The lowest BCUT2D eigenvalue weighted by Gasteiger charge is -2.48. The lowest BCUT2D eigenvalue weighted by molar-refractivity contribution is 0.0331. The van der Waals surface area contributed by atoms with Gasteiger partial charge < -0.3 is 10.1 Å². The summed E-state index contributed by atoms with van der Waals surface area (Å²) >= 11 is 0. The zero-order valence-electron chi connectivity index (χ0n) is 13.0. The zero-order chi connectivity index (χ0) is 13.6. The average Bonchev–Trinajstić information content (AvgIpc) is 2.33. The Kier molecular flexibility index (Phi) is 6.61. The Labute approximate surface area is 113 Å². The first-order valence-corrected chi connectivity index (χ1v) is 7.55. The van der Waals surface area contributed by atoms with Gasteiger partial charge in [0.05, 0.1) is 6.61 Å². The quantitative estimate of drug-likeness (QED) is 0.708. The van der Waals surface area contributed by atoms with E-state index in [1.807, 2.05) is 0 Å². The molecule has 0 spiro atoms. The Morgan fingerprint density at radius 2 is 2.06 bits per heavy atom. The molecule has 3 nitrogen and oxygen atoms in total. The van der Waals surface area contributed by atoms with Gasteiger partial charge in [0.15, 0.2) is 0 Å². The topological polar surface area (TPSA) is 24.5 Å². The van der Waals surface area contributed by atoms with Crippen LogP contribution in [0.15, 0.2) is 0 Å². The number of hydrogen-bond donors (Lipinski definition) is 1. The second kappa shape index (κ2) is 7.46. The van der Waals surface area contributed by atoms with E-state index in [9.17, 15) is 0 Å². The summed E-state index contributed by atoms with van der Waals surface area (Å²) in [6, 6.07) is 1.25. The van der Waals surface area contributed by atoms with E-state index in [-0.39, 0.29) is 0 Å². The fourth-order valence-electron chi connectivity index (χ4n) is 3.47. The Bertz CT molecular complexity index is 231. The van der Waals surface area contributed by atoms with Gasteiger partial charge in [0.25, 0.3) is 0 Å². The van der Waals surface area contributed by atoms with Crippen LogP contribution in [0.1, 0.15) is 47.0 Å². The first-order valence-electron chi connectivity index (χ1n) is 7.55. The van der Waals surface area contributed by atoms with Crippen LogP contribution in [0.5, 0.6) is 0 Å². The minimum Gasteiger partial charge on any atom is -0.380 e. The van der Waals surface area contributed by atoms with Crippen molar-refractivity contribution in [2.24, 2.45) is 5.41 Å². The standard InChI is InChI=1S/C15H32N2O/c1-6-17(11-12-18-7-2)13-9-8-10-15(3,4)14(13)16-5/h13-14,16H,6-12H2,1-5H3. The first kappa shape index (κ1) is 15.9. The van der Waals surface area contributed by atoms with Crippen LogP contribution in [0.3, 0.4) is 0 Å². The highest BCUT2D eigenvalue weighted by Gasteiger charge is 2.39. The van der Waals surface area contributed by atoms with Crippen molar-refractivity contribution in [1.82, 2.24) is 10.2 Å². The molecule has 2 unspecified atom stereocenters. The van der Waals surface area contributed by atoms with E-state index in [4.69, 9.17) is 4.74 Å². The van der Waals surface area contributed by atoms with Crippen LogP contribution in [-0.2, 0) is 4.74 Å². The third kappa shape index (κ3) is 3.94. The van der Waals surface area contributed by atoms with Crippen molar-refractivity contribution in [3.05, 3.63) is 0 Å². The van der Waals surface area contributed by atoms with Crippen molar-refractivity contribution in [2.45, 2.75) is 59.0 Å². The second-order valence-electron chi connectivity index (χ2n) is 6.04. The summed E-state index contributed by atoms with van der Waals surface area (Å²) in [6.45, 7) is 13.0. The fourth-order valence-corrected chi connectivity index (χ4v) is 3.47. The molecule has 0 aliphatic heterocycles. The third-order valence-electron chi connectivity index (χ3n) is 4.46. The molecule has 0 saturated heterocycles. The van der Waals surface area contributed by atoms with Crippen LogP contribution >= 0.6 is 0 Å². The molecule has 0 aromatic heterocycles.